The molecule has 0 bridgehead atoms. The Morgan fingerprint density at radius 2 is 0.648 bits per heavy atom. The van der Waals surface area contributed by atoms with Crippen molar-refractivity contribution in [2.24, 2.45) is 0 Å². The van der Waals surface area contributed by atoms with Crippen LogP contribution in [0.2, 0.25) is 10.8 Å². The van der Waals surface area contributed by atoms with E-state index < -0.39 is 0 Å². The number of aryl methyl sites for hydroxylation is 2. The van der Waals surface area contributed by atoms with Gasteiger partial charge in [0.05, 0.1) is 0 Å². The van der Waals surface area contributed by atoms with Crippen molar-refractivity contribution in [3.05, 3.63) is 87.5 Å². The van der Waals surface area contributed by atoms with Gasteiger partial charge in [-0.1, -0.05) is 275 Å². The molecule has 0 saturated heterocycles. The van der Waals surface area contributed by atoms with Crippen LogP contribution in [-0.2, 0) is 20.9 Å². The summed E-state index contributed by atoms with van der Waals surface area (Å²) < 4.78 is 1.47. The third-order valence-corrected chi connectivity index (χ3v) is 20.3. The van der Waals surface area contributed by atoms with Gasteiger partial charge >= 0.3 is 166 Å². The summed E-state index contributed by atoms with van der Waals surface area (Å²) >= 11 is 2.05. The molecule has 0 unspecified atom stereocenters. The molecule has 0 fully saturated rings. The van der Waals surface area contributed by atoms with E-state index in [1.165, 1.54) is 379 Å². The first-order valence-electron chi connectivity index (χ1n) is 39.6. The summed E-state index contributed by atoms with van der Waals surface area (Å²) in [5.74, 6) is 7.16. The second-order valence-corrected chi connectivity index (χ2v) is 29.0. The normalized spacial score (nSPS) is 12.4. The molecule has 1 heterocycles. The first-order chi connectivity index (χ1) is 43.5. The van der Waals surface area contributed by atoms with Gasteiger partial charge in [-0.2, -0.15) is 0 Å². The van der Waals surface area contributed by atoms with Crippen LogP contribution in [0.25, 0.3) is 16.9 Å². The van der Waals surface area contributed by atoms with Crippen molar-refractivity contribution < 1.29 is 19.1 Å². The van der Waals surface area contributed by atoms with Crippen molar-refractivity contribution in [1.29, 1.82) is 0 Å². The topological polar surface area (TPSA) is 25.3 Å². The minimum absolute atomic E-state index is 0.845. The molecule has 0 spiro atoms. The molecule has 88 heavy (non-hydrogen) atoms. The standard InChI is InChI=1S/C41H58N2.2C22H45.Ni/c1-5-8-11-14-15-16-17-18-19-22-28-38-39(27-21-13-10-7-3)41(43(42)40(38)36-31-29-34(4)30-32-36)37-26-23-25-35(33-37)24-20-12-9-6-2;2*1-3-5-7-9-11-13-15-17-19-21-22-20-18-16-14-12-10-8-6-4-2;/h23,25-26,29-33H,5-21,24,27H2,1-4H3;2*1,3-22H2,2H3;. The Kier molecular flexibility index (Phi) is 58.8. The average Bonchev–Trinajstić information content (AvgIpc) is 2.83. The summed E-state index contributed by atoms with van der Waals surface area (Å²) in [6, 6.07) is 17.4. The van der Waals surface area contributed by atoms with E-state index >= 15 is 0 Å². The maximum atomic E-state index is 11.9. The zero-order chi connectivity index (χ0) is 63.1. The zero-order valence-electron chi connectivity index (χ0n) is 60.0. The molecule has 1 aliphatic heterocycles. The summed E-state index contributed by atoms with van der Waals surface area (Å²) in [6.45, 7) is 13.5. The Bertz CT molecular complexity index is 1940. The van der Waals surface area contributed by atoms with Crippen molar-refractivity contribution in [1.82, 2.24) is 0 Å². The summed E-state index contributed by atoms with van der Waals surface area (Å²) in [6.07, 6.45) is 82.4. The first-order valence-corrected chi connectivity index (χ1v) is 41.0. The van der Waals surface area contributed by atoms with Gasteiger partial charge in [-0.25, -0.2) is 4.70 Å². The fourth-order valence-corrected chi connectivity index (χ4v) is 14.3. The van der Waals surface area contributed by atoms with Crippen molar-refractivity contribution in [3.8, 4) is 11.8 Å². The Labute approximate surface area is 557 Å². The second kappa shape index (κ2) is 63.3. The van der Waals surface area contributed by atoms with Crippen molar-refractivity contribution in [3.63, 3.8) is 0 Å². The summed E-state index contributed by atoms with van der Waals surface area (Å²) in [4.78, 5) is 0. The molecule has 2 aromatic rings. The number of hydrogen-bond acceptors (Lipinski definition) is 0. The van der Waals surface area contributed by atoms with E-state index in [1.54, 1.807) is 0 Å². The minimum Gasteiger partial charge on any atom is -0.0654 e. The Morgan fingerprint density at radius 3 is 1.01 bits per heavy atom. The van der Waals surface area contributed by atoms with Gasteiger partial charge in [-0.3, -0.25) is 0 Å². The summed E-state index contributed by atoms with van der Waals surface area (Å²) in [5.41, 5.74) is 20.6. The van der Waals surface area contributed by atoms with Gasteiger partial charge in [0, 0.05) is 23.1 Å². The molecule has 0 aromatic heterocycles. The molecule has 0 amide bonds. The van der Waals surface area contributed by atoms with Crippen LogP contribution in [-0.4, -0.2) is 4.70 Å². The molecule has 0 saturated carbocycles. The van der Waals surface area contributed by atoms with E-state index in [0.717, 1.165) is 60.2 Å². The van der Waals surface area contributed by atoms with Crippen LogP contribution in [0.1, 0.15) is 429 Å². The average molecular weight is 1260 g/mol. The van der Waals surface area contributed by atoms with Gasteiger partial charge in [0.25, 0.3) is 0 Å². The van der Waals surface area contributed by atoms with Gasteiger partial charge < -0.3 is 5.53 Å². The molecule has 2 nitrogen and oxygen atoms in total. The van der Waals surface area contributed by atoms with Gasteiger partial charge in [-0.05, 0) is 68.9 Å². The molecule has 3 heteroatoms. The van der Waals surface area contributed by atoms with E-state index in [0.29, 0.717) is 0 Å². The van der Waals surface area contributed by atoms with Crippen LogP contribution >= 0.6 is 0 Å². The molecule has 0 aliphatic carbocycles. The monoisotopic (exact) mass is 1260 g/mol. The molecule has 3 rings (SSSR count). The SMILES string of the molecule is CCCCCCCCCCC#CC1=C(c2ccc(C)cc2)[N+](=[N-])C(c2cccc(CCCCCC)c2)=C1CCCCCC.CCCCCCCCCCCCCCCCCCCCC[CH2][Ni][CH2]CCCCCCCCCCCCCCCCCCCCC. The van der Waals surface area contributed by atoms with Crippen LogP contribution in [0.15, 0.2) is 59.7 Å². The zero-order valence-corrected chi connectivity index (χ0v) is 61.0. The van der Waals surface area contributed by atoms with E-state index in [9.17, 15) is 5.53 Å². The number of hydrogen-bond donors (Lipinski definition) is 0. The van der Waals surface area contributed by atoms with Gasteiger partial charge in [0.2, 0.25) is 11.4 Å². The second-order valence-electron chi connectivity index (χ2n) is 27.5. The predicted octanol–water partition coefficient (Wildman–Crippen LogP) is 30.3. The molecule has 0 atom stereocenters. The molecule has 508 valence electrons. The minimum atomic E-state index is 0.845. The Balaban J connectivity index is 0.000000600. The van der Waals surface area contributed by atoms with E-state index in [1.807, 2.05) is 14.4 Å². The number of rotatable bonds is 62. The number of unbranched alkanes of at least 4 members (excludes halogenated alkanes) is 52. The van der Waals surface area contributed by atoms with Crippen LogP contribution in [0, 0.1) is 18.8 Å². The van der Waals surface area contributed by atoms with Crippen molar-refractivity contribution >= 4 is 11.4 Å². The maximum absolute atomic E-state index is 11.9. The predicted molar refractivity (Wildman–Crippen MR) is 392 cm³/mol. The third kappa shape index (κ3) is 45.8. The van der Waals surface area contributed by atoms with Crippen LogP contribution in [0.5, 0.6) is 0 Å². The number of nitrogens with zero attached hydrogens (tertiary/aromatic N) is 2. The molecule has 0 N–H and O–H groups in total. The number of allylic oxidation sites excluding steroid dienone is 2. The van der Waals surface area contributed by atoms with Crippen molar-refractivity contribution in [2.45, 2.75) is 431 Å². The van der Waals surface area contributed by atoms with E-state index in [4.69, 9.17) is 0 Å². The molecular weight excluding hydrogens is 1110 g/mol. The molecule has 2 aromatic carbocycles. The van der Waals surface area contributed by atoms with E-state index in [-0.39, 0.29) is 0 Å². The van der Waals surface area contributed by atoms with Gasteiger partial charge in [-0.15, -0.1) is 0 Å². The fraction of sp³-hybridized carbons (Fsp3) is 0.788. The van der Waals surface area contributed by atoms with E-state index in [2.05, 4.69) is 102 Å². The quantitative estimate of drug-likeness (QED) is 0.0273. The summed E-state index contributed by atoms with van der Waals surface area (Å²) in [7, 11) is 0. The third-order valence-electron chi connectivity index (χ3n) is 18.9. The summed E-state index contributed by atoms with van der Waals surface area (Å²) in [5, 5.41) is 2.87. The first kappa shape index (κ1) is 81.7. The smallest absolute Gasteiger partial charge is 0.0654 e. The van der Waals surface area contributed by atoms with Crippen LogP contribution < -0.4 is 0 Å². The molecule has 0 radical (unpaired) electrons. The fourth-order valence-electron chi connectivity index (χ4n) is 13.0. The van der Waals surface area contributed by atoms with Gasteiger partial charge in [0.1, 0.15) is 5.57 Å². The van der Waals surface area contributed by atoms with Crippen LogP contribution in [0.3, 0.4) is 0 Å². The van der Waals surface area contributed by atoms with Crippen molar-refractivity contribution in [2.75, 3.05) is 0 Å². The van der Waals surface area contributed by atoms with Crippen LogP contribution in [0.4, 0.5) is 0 Å². The number of benzene rings is 2. The van der Waals surface area contributed by atoms with Gasteiger partial charge in [0.15, 0.2) is 0 Å². The molecular formula is C85H148N2Ni. The molecule has 1 aliphatic rings. The Hall–Kier alpha value is -2.43. The Morgan fingerprint density at radius 1 is 0.330 bits per heavy atom.